The fraction of sp³-hybridized carbons (Fsp3) is 0.368. The highest BCUT2D eigenvalue weighted by molar-refractivity contribution is 5.81. The number of benzene rings is 1. The van der Waals surface area contributed by atoms with Gasteiger partial charge in [0.05, 0.1) is 29.5 Å². The van der Waals surface area contributed by atoms with Gasteiger partial charge in [0.1, 0.15) is 5.82 Å². The molecule has 0 spiro atoms. The summed E-state index contributed by atoms with van der Waals surface area (Å²) < 4.78 is 20.5. The highest BCUT2D eigenvalue weighted by Crippen LogP contribution is 2.33. The molecule has 0 saturated carbocycles. The second kappa shape index (κ2) is 6.34. The smallest absolute Gasteiger partial charge is 0.228 e. The topological polar surface area (TPSA) is 82.2 Å². The zero-order valence-corrected chi connectivity index (χ0v) is 14.6. The molecule has 26 heavy (non-hydrogen) atoms. The number of hydrogen-bond acceptors (Lipinski definition) is 4. The monoisotopic (exact) mass is 356 g/mol. The molecule has 1 fully saturated rings. The summed E-state index contributed by atoms with van der Waals surface area (Å²) in [5.41, 5.74) is 9.54. The first-order valence-electron chi connectivity index (χ1n) is 8.64. The van der Waals surface area contributed by atoms with Crippen molar-refractivity contribution in [2.24, 2.45) is 11.7 Å². The van der Waals surface area contributed by atoms with Crippen LogP contribution in [0.5, 0.6) is 0 Å². The Hall–Kier alpha value is -2.51. The number of nitrogens with one attached hydrogen (secondary N) is 1. The molecule has 1 aromatic carbocycles. The largest absolute Gasteiger partial charge is 0.364 e. The molecule has 2 bridgehead atoms. The van der Waals surface area contributed by atoms with Gasteiger partial charge in [0, 0.05) is 23.8 Å². The van der Waals surface area contributed by atoms with Gasteiger partial charge in [0.15, 0.2) is 0 Å². The fourth-order valence-corrected chi connectivity index (χ4v) is 3.72. The van der Waals surface area contributed by atoms with Crippen molar-refractivity contribution in [1.82, 2.24) is 15.1 Å². The Morgan fingerprint density at radius 2 is 1.96 bits per heavy atom. The molecule has 0 radical (unpaired) electrons. The Labute approximate surface area is 150 Å². The molecule has 3 heterocycles. The van der Waals surface area contributed by atoms with Crippen LogP contribution in [0.3, 0.4) is 0 Å². The Bertz CT molecular complexity index is 874. The Balaban J connectivity index is 1.50. The van der Waals surface area contributed by atoms with Gasteiger partial charge in [-0.25, -0.2) is 9.07 Å². The number of hydrogen-bond donors (Lipinski definition) is 2. The summed E-state index contributed by atoms with van der Waals surface area (Å²) in [6.07, 6.45) is 3.42. The predicted molar refractivity (Wildman–Crippen MR) is 94.1 cm³/mol. The van der Waals surface area contributed by atoms with Gasteiger partial charge in [0.25, 0.3) is 0 Å². The van der Waals surface area contributed by atoms with Gasteiger partial charge in [0.2, 0.25) is 5.91 Å². The normalized spacial score (nSPS) is 26.5. The third-order valence-electron chi connectivity index (χ3n) is 5.21. The van der Waals surface area contributed by atoms with Crippen molar-refractivity contribution in [2.75, 3.05) is 0 Å². The van der Waals surface area contributed by atoms with Gasteiger partial charge in [-0.05, 0) is 38.1 Å². The number of carbonyl (C=O) groups excluding carboxylic acids is 1. The van der Waals surface area contributed by atoms with Gasteiger partial charge >= 0.3 is 0 Å². The molecule has 2 aliphatic rings. The lowest BCUT2D eigenvalue weighted by atomic mass is 9.89. The van der Waals surface area contributed by atoms with Crippen LogP contribution in [0.15, 0.2) is 36.4 Å². The summed E-state index contributed by atoms with van der Waals surface area (Å²) in [6, 6.07) is 5.84. The van der Waals surface area contributed by atoms with Crippen LogP contribution in [0, 0.1) is 25.6 Å². The molecule has 4 atom stereocenters. The number of aromatic nitrogens is 2. The highest BCUT2D eigenvalue weighted by Gasteiger charge is 2.47. The number of aryl methyl sites for hydroxylation is 1. The molecular formula is C19H21FN4O2. The van der Waals surface area contributed by atoms with Gasteiger partial charge in [-0.2, -0.15) is 5.10 Å². The molecule has 3 N–H and O–H groups in total. The van der Waals surface area contributed by atoms with Gasteiger partial charge < -0.3 is 15.8 Å². The number of nitrogens with zero attached hydrogens (tertiary/aromatic N) is 2. The maximum absolute atomic E-state index is 13.1. The van der Waals surface area contributed by atoms with E-state index in [0.717, 1.165) is 22.6 Å². The lowest BCUT2D eigenvalue weighted by molar-refractivity contribution is -0.126. The van der Waals surface area contributed by atoms with Crippen LogP contribution >= 0.6 is 0 Å². The average molecular weight is 356 g/mol. The SMILES string of the molecule is Cc1nn(-c2ccc(F)cc2)c(C)c1CNC(=O)[C@@H]1[C@H](N)[C@H]2C=C[C@@H]1O2. The van der Waals surface area contributed by atoms with Crippen LogP contribution in [-0.4, -0.2) is 33.9 Å². The summed E-state index contributed by atoms with van der Waals surface area (Å²) in [4.78, 5) is 12.6. The molecule has 0 unspecified atom stereocenters. The molecular weight excluding hydrogens is 335 g/mol. The van der Waals surface area contributed by atoms with E-state index in [1.165, 1.54) is 12.1 Å². The second-order valence-corrected chi connectivity index (χ2v) is 6.81. The van der Waals surface area contributed by atoms with E-state index in [1.807, 2.05) is 26.0 Å². The minimum Gasteiger partial charge on any atom is -0.364 e. The number of rotatable bonds is 4. The summed E-state index contributed by atoms with van der Waals surface area (Å²) >= 11 is 0. The number of fused-ring (bicyclic) bond motifs is 2. The minimum absolute atomic E-state index is 0.109. The first-order valence-corrected chi connectivity index (χ1v) is 8.64. The summed E-state index contributed by atoms with van der Waals surface area (Å²) in [6.45, 7) is 4.19. The number of ether oxygens (including phenoxy) is 1. The first-order chi connectivity index (χ1) is 12.5. The zero-order chi connectivity index (χ0) is 18.4. The van der Waals surface area contributed by atoms with E-state index >= 15 is 0 Å². The van der Waals surface area contributed by atoms with Crippen molar-refractivity contribution in [3.8, 4) is 5.69 Å². The third kappa shape index (κ3) is 2.73. The minimum atomic E-state index is -0.363. The summed E-state index contributed by atoms with van der Waals surface area (Å²) in [5.74, 6) is -0.762. The maximum Gasteiger partial charge on any atom is 0.228 e. The van der Waals surface area contributed by atoms with Crippen LogP contribution < -0.4 is 11.1 Å². The molecule has 2 aliphatic heterocycles. The van der Waals surface area contributed by atoms with Crippen LogP contribution in [0.1, 0.15) is 17.0 Å². The van der Waals surface area contributed by atoms with Crippen molar-refractivity contribution in [2.45, 2.75) is 38.6 Å². The zero-order valence-electron chi connectivity index (χ0n) is 14.6. The van der Waals surface area contributed by atoms with Crippen LogP contribution in [0.25, 0.3) is 5.69 Å². The van der Waals surface area contributed by atoms with Crippen molar-refractivity contribution in [3.05, 3.63) is 59.2 Å². The molecule has 2 aromatic rings. The van der Waals surface area contributed by atoms with Crippen LogP contribution in [0.2, 0.25) is 0 Å². The molecule has 1 saturated heterocycles. The number of carbonyl (C=O) groups is 1. The lowest BCUT2D eigenvalue weighted by Crippen LogP contribution is -2.46. The molecule has 0 aliphatic carbocycles. The van der Waals surface area contributed by atoms with Gasteiger partial charge in [-0.15, -0.1) is 0 Å². The van der Waals surface area contributed by atoms with E-state index in [9.17, 15) is 9.18 Å². The van der Waals surface area contributed by atoms with E-state index in [2.05, 4.69) is 10.4 Å². The quantitative estimate of drug-likeness (QED) is 0.814. The fourth-order valence-electron chi connectivity index (χ4n) is 3.72. The van der Waals surface area contributed by atoms with Gasteiger partial charge in [-0.1, -0.05) is 12.2 Å². The van der Waals surface area contributed by atoms with Crippen molar-refractivity contribution >= 4 is 5.91 Å². The van der Waals surface area contributed by atoms with Gasteiger partial charge in [-0.3, -0.25) is 4.79 Å². The lowest BCUT2D eigenvalue weighted by Gasteiger charge is -2.20. The summed E-state index contributed by atoms with van der Waals surface area (Å²) in [5, 5.41) is 7.49. The standard InChI is InChI=1S/C19H21FN4O2/c1-10-14(11(2)24(23-10)13-5-3-12(20)4-6-13)9-22-19(25)17-15-7-8-16(26-15)18(17)21/h3-8,15-18H,9,21H2,1-2H3,(H,22,25)/t15-,16+,17-,18+/m0/s1. The summed E-state index contributed by atoms with van der Waals surface area (Å²) in [7, 11) is 0. The molecule has 136 valence electrons. The Morgan fingerprint density at radius 3 is 2.62 bits per heavy atom. The van der Waals surface area contributed by atoms with E-state index in [4.69, 9.17) is 10.5 Å². The highest BCUT2D eigenvalue weighted by atomic mass is 19.1. The van der Waals surface area contributed by atoms with E-state index in [-0.39, 0.29) is 35.9 Å². The molecule has 7 heteroatoms. The van der Waals surface area contributed by atoms with E-state index < -0.39 is 0 Å². The first kappa shape index (κ1) is 16.9. The van der Waals surface area contributed by atoms with Crippen LogP contribution in [-0.2, 0) is 16.1 Å². The second-order valence-electron chi connectivity index (χ2n) is 6.81. The average Bonchev–Trinajstić information content (AvgIpc) is 3.28. The van der Waals surface area contributed by atoms with E-state index in [1.54, 1.807) is 16.8 Å². The van der Waals surface area contributed by atoms with E-state index in [0.29, 0.717) is 6.54 Å². The van der Waals surface area contributed by atoms with Crippen LogP contribution in [0.4, 0.5) is 4.39 Å². The van der Waals surface area contributed by atoms with Crippen molar-refractivity contribution in [1.29, 1.82) is 0 Å². The number of nitrogens with two attached hydrogens (primary N) is 1. The van der Waals surface area contributed by atoms with Crippen molar-refractivity contribution < 1.29 is 13.9 Å². The maximum atomic E-state index is 13.1. The molecule has 4 rings (SSSR count). The number of halogens is 1. The molecule has 1 amide bonds. The number of amides is 1. The third-order valence-corrected chi connectivity index (χ3v) is 5.21. The molecule has 6 nitrogen and oxygen atoms in total. The Morgan fingerprint density at radius 1 is 1.27 bits per heavy atom. The van der Waals surface area contributed by atoms with Crippen molar-refractivity contribution in [3.63, 3.8) is 0 Å². The predicted octanol–water partition coefficient (Wildman–Crippen LogP) is 1.53. The Kier molecular flexibility index (Phi) is 4.13. The molecule has 1 aromatic heterocycles.